The molecule has 0 bridgehead atoms. The van der Waals surface area contributed by atoms with Gasteiger partial charge in [-0.25, -0.2) is 0 Å². The van der Waals surface area contributed by atoms with Crippen molar-refractivity contribution in [2.24, 2.45) is 5.73 Å². The zero-order valence-electron chi connectivity index (χ0n) is 12.2. The van der Waals surface area contributed by atoms with Crippen LogP contribution in [0, 0.1) is 5.41 Å². The lowest BCUT2D eigenvalue weighted by molar-refractivity contribution is 0.0919. The number of hydrogen-bond donors (Lipinski definition) is 2. The van der Waals surface area contributed by atoms with Crippen molar-refractivity contribution in [1.29, 1.82) is 5.41 Å². The van der Waals surface area contributed by atoms with Crippen LogP contribution in [0.15, 0.2) is 0 Å². The Morgan fingerprint density at radius 3 is 2.32 bits per heavy atom. The Hall–Kier alpha value is -0.610. The maximum atomic E-state index is 7.22. The largest absolute Gasteiger partial charge is 0.388 e. The molecular weight excluding hydrogens is 236 g/mol. The molecule has 4 nitrogen and oxygen atoms in total. The highest BCUT2D eigenvalue weighted by Gasteiger charge is 2.24. The molecule has 0 amide bonds. The molecule has 0 aliphatic carbocycles. The van der Waals surface area contributed by atoms with Gasteiger partial charge in [-0.05, 0) is 71.2 Å². The van der Waals surface area contributed by atoms with E-state index in [2.05, 4.69) is 9.80 Å². The van der Waals surface area contributed by atoms with Crippen LogP contribution < -0.4 is 5.73 Å². The van der Waals surface area contributed by atoms with Crippen LogP contribution in [-0.2, 0) is 0 Å². The van der Waals surface area contributed by atoms with Gasteiger partial charge in [-0.15, -0.1) is 0 Å². The summed E-state index contributed by atoms with van der Waals surface area (Å²) in [5.74, 6) is 0.337. The van der Waals surface area contributed by atoms with E-state index in [4.69, 9.17) is 11.1 Å². The molecule has 2 heterocycles. The van der Waals surface area contributed by atoms with Crippen molar-refractivity contribution in [3.8, 4) is 0 Å². The lowest BCUT2D eigenvalue weighted by Gasteiger charge is -2.40. The number of amidine groups is 1. The Morgan fingerprint density at radius 1 is 1.00 bits per heavy atom. The molecule has 0 saturated carbocycles. The Bertz CT molecular complexity index is 265. The Labute approximate surface area is 117 Å². The summed E-state index contributed by atoms with van der Waals surface area (Å²) in [6.45, 7) is 6.40. The molecule has 2 aliphatic rings. The molecule has 2 aliphatic heterocycles. The van der Waals surface area contributed by atoms with E-state index < -0.39 is 0 Å². The van der Waals surface area contributed by atoms with Gasteiger partial charge in [0.2, 0.25) is 0 Å². The predicted molar refractivity (Wildman–Crippen MR) is 80.7 cm³/mol. The van der Waals surface area contributed by atoms with Crippen molar-refractivity contribution < 1.29 is 0 Å². The highest BCUT2D eigenvalue weighted by molar-refractivity contribution is 5.76. The molecule has 0 unspecified atom stereocenters. The molecule has 0 atom stereocenters. The second kappa shape index (κ2) is 7.85. The van der Waals surface area contributed by atoms with Gasteiger partial charge in [0.1, 0.15) is 0 Å². The normalized spacial score (nSPS) is 23.6. The third-order valence-corrected chi connectivity index (χ3v) is 4.63. The molecule has 110 valence electrons. The maximum Gasteiger partial charge on any atom is 0.0905 e. The highest BCUT2D eigenvalue weighted by Crippen LogP contribution is 2.20. The molecule has 0 spiro atoms. The molecule has 19 heavy (non-hydrogen) atoms. The number of unbranched alkanes of at least 4 members (excludes halogenated alkanes) is 1. The molecule has 3 N–H and O–H groups in total. The van der Waals surface area contributed by atoms with Gasteiger partial charge in [-0.2, -0.15) is 0 Å². The number of rotatable bonds is 6. The average molecular weight is 266 g/mol. The average Bonchev–Trinajstić information content (AvgIpc) is 2.45. The summed E-state index contributed by atoms with van der Waals surface area (Å²) in [5.41, 5.74) is 5.38. The van der Waals surface area contributed by atoms with Crippen LogP contribution in [0.1, 0.15) is 51.4 Å². The van der Waals surface area contributed by atoms with Crippen LogP contribution >= 0.6 is 0 Å². The van der Waals surface area contributed by atoms with Crippen LogP contribution in [0.25, 0.3) is 0 Å². The predicted octanol–water partition coefficient (Wildman–Crippen LogP) is 2.04. The molecular formula is C15H30N4. The van der Waals surface area contributed by atoms with Gasteiger partial charge in [-0.1, -0.05) is 6.42 Å². The van der Waals surface area contributed by atoms with Crippen LogP contribution in [0.4, 0.5) is 0 Å². The number of nitrogens with zero attached hydrogens (tertiary/aromatic N) is 2. The summed E-state index contributed by atoms with van der Waals surface area (Å²) in [6, 6.07) is 0.855. The van der Waals surface area contributed by atoms with Gasteiger partial charge in [-0.3, -0.25) is 5.41 Å². The van der Waals surface area contributed by atoms with Crippen LogP contribution in [-0.4, -0.2) is 54.4 Å². The minimum atomic E-state index is 0.337. The summed E-state index contributed by atoms with van der Waals surface area (Å²) in [6.07, 6.45) is 9.99. The molecule has 2 saturated heterocycles. The van der Waals surface area contributed by atoms with Gasteiger partial charge in [0.05, 0.1) is 5.84 Å². The first-order valence-corrected chi connectivity index (χ1v) is 8.05. The monoisotopic (exact) mass is 266 g/mol. The zero-order chi connectivity index (χ0) is 13.5. The smallest absolute Gasteiger partial charge is 0.0905 e. The number of nitrogens with two attached hydrogens (primary N) is 1. The number of hydrogen-bond acceptors (Lipinski definition) is 3. The van der Waals surface area contributed by atoms with Crippen molar-refractivity contribution in [3.05, 3.63) is 0 Å². The lowest BCUT2D eigenvalue weighted by Crippen LogP contribution is -2.46. The molecule has 2 fully saturated rings. The third-order valence-electron chi connectivity index (χ3n) is 4.63. The van der Waals surface area contributed by atoms with Crippen molar-refractivity contribution in [1.82, 2.24) is 9.80 Å². The standard InChI is InChI=1S/C15H30N4/c16-15(17)6-2-5-9-18-12-7-14(8-13-18)19-10-3-1-4-11-19/h14H,1-13H2,(H3,16,17). The molecule has 0 radical (unpaired) electrons. The highest BCUT2D eigenvalue weighted by atomic mass is 15.2. The summed E-state index contributed by atoms with van der Waals surface area (Å²) < 4.78 is 0. The SMILES string of the molecule is N=C(N)CCCCN1CCC(N2CCCCC2)CC1. The maximum absolute atomic E-state index is 7.22. The van der Waals surface area contributed by atoms with Crippen LogP contribution in [0.2, 0.25) is 0 Å². The van der Waals surface area contributed by atoms with E-state index in [1.165, 1.54) is 71.2 Å². The second-order valence-electron chi connectivity index (χ2n) is 6.15. The van der Waals surface area contributed by atoms with E-state index in [9.17, 15) is 0 Å². The van der Waals surface area contributed by atoms with Gasteiger partial charge >= 0.3 is 0 Å². The first-order chi connectivity index (χ1) is 9.25. The number of likely N-dealkylation sites (tertiary alicyclic amines) is 2. The molecule has 0 aromatic heterocycles. The fourth-order valence-electron chi connectivity index (χ4n) is 3.44. The zero-order valence-corrected chi connectivity index (χ0v) is 12.2. The Morgan fingerprint density at radius 2 is 1.68 bits per heavy atom. The van der Waals surface area contributed by atoms with Crippen molar-refractivity contribution in [2.75, 3.05) is 32.7 Å². The first-order valence-electron chi connectivity index (χ1n) is 8.05. The van der Waals surface area contributed by atoms with E-state index in [0.29, 0.717) is 5.84 Å². The van der Waals surface area contributed by atoms with Crippen molar-refractivity contribution in [2.45, 2.75) is 57.4 Å². The van der Waals surface area contributed by atoms with E-state index >= 15 is 0 Å². The molecule has 2 rings (SSSR count). The van der Waals surface area contributed by atoms with Crippen molar-refractivity contribution in [3.63, 3.8) is 0 Å². The Kier molecular flexibility index (Phi) is 6.11. The van der Waals surface area contributed by atoms with E-state index in [-0.39, 0.29) is 0 Å². The first kappa shape index (κ1) is 14.8. The van der Waals surface area contributed by atoms with E-state index in [1.807, 2.05) is 0 Å². The quantitative estimate of drug-likeness (QED) is 0.439. The molecule has 0 aromatic carbocycles. The lowest BCUT2D eigenvalue weighted by atomic mass is 9.99. The summed E-state index contributed by atoms with van der Waals surface area (Å²) in [5, 5.41) is 7.22. The third kappa shape index (κ3) is 5.11. The van der Waals surface area contributed by atoms with Crippen molar-refractivity contribution >= 4 is 5.84 Å². The van der Waals surface area contributed by atoms with E-state index in [1.54, 1.807) is 0 Å². The fourth-order valence-corrected chi connectivity index (χ4v) is 3.44. The van der Waals surface area contributed by atoms with E-state index in [0.717, 1.165) is 18.9 Å². The van der Waals surface area contributed by atoms with Crippen LogP contribution in [0.3, 0.4) is 0 Å². The minimum absolute atomic E-state index is 0.337. The molecule has 4 heteroatoms. The summed E-state index contributed by atoms with van der Waals surface area (Å²) in [4.78, 5) is 5.33. The topological polar surface area (TPSA) is 56.4 Å². The van der Waals surface area contributed by atoms with Gasteiger partial charge in [0, 0.05) is 12.5 Å². The minimum Gasteiger partial charge on any atom is -0.388 e. The van der Waals surface area contributed by atoms with Gasteiger partial charge in [0.15, 0.2) is 0 Å². The number of piperidine rings is 2. The fraction of sp³-hybridized carbons (Fsp3) is 0.933. The van der Waals surface area contributed by atoms with Gasteiger partial charge in [0.25, 0.3) is 0 Å². The number of nitrogens with one attached hydrogen (secondary N) is 1. The van der Waals surface area contributed by atoms with Gasteiger partial charge < -0.3 is 15.5 Å². The molecule has 0 aromatic rings. The Balaban J connectivity index is 1.58. The van der Waals surface area contributed by atoms with Crippen LogP contribution in [0.5, 0.6) is 0 Å². The second-order valence-corrected chi connectivity index (χ2v) is 6.15. The summed E-state index contributed by atoms with van der Waals surface area (Å²) >= 11 is 0. The summed E-state index contributed by atoms with van der Waals surface area (Å²) in [7, 11) is 0.